The first-order valence-corrected chi connectivity index (χ1v) is 6.29. The molecule has 2 aromatic rings. The Bertz CT molecular complexity index is 597. The minimum absolute atomic E-state index is 0. The number of nitrogens with zero attached hydrogens (tertiary/aromatic N) is 1. The van der Waals surface area contributed by atoms with Gasteiger partial charge in [0.2, 0.25) is 5.69 Å². The van der Waals surface area contributed by atoms with Gasteiger partial charge in [0.1, 0.15) is 7.05 Å². The molecule has 2 rings (SSSR count). The maximum atomic E-state index is 9.64. The fraction of sp³-hybridized carbons (Fsp3) is 0.188. The first-order chi connectivity index (χ1) is 9.20. The SMILES string of the molecule is CCOc1cc(/C=C/c2cccc[n+]2C)ccc1O.[I-]. The topological polar surface area (TPSA) is 33.3 Å². The first-order valence-electron chi connectivity index (χ1n) is 6.29. The standard InChI is InChI=1S/C16H17NO2.HI/c1-3-19-16-12-13(8-10-15(16)18)7-9-14-6-4-5-11-17(14)2;/h4-12H,3H2,1-2H3;1H. The molecular weight excluding hydrogens is 365 g/mol. The molecule has 0 atom stereocenters. The number of aromatic hydroxyl groups is 1. The van der Waals surface area contributed by atoms with Crippen LogP contribution in [0.2, 0.25) is 0 Å². The zero-order valence-electron chi connectivity index (χ0n) is 11.6. The maximum Gasteiger partial charge on any atom is 0.204 e. The highest BCUT2D eigenvalue weighted by molar-refractivity contribution is 5.68. The summed E-state index contributed by atoms with van der Waals surface area (Å²) >= 11 is 0. The highest BCUT2D eigenvalue weighted by Crippen LogP contribution is 2.27. The van der Waals surface area contributed by atoms with Crippen LogP contribution in [-0.2, 0) is 7.05 Å². The van der Waals surface area contributed by atoms with Gasteiger partial charge in [0, 0.05) is 18.2 Å². The summed E-state index contributed by atoms with van der Waals surface area (Å²) in [5, 5.41) is 9.64. The molecular formula is C16H18INO2. The molecule has 106 valence electrons. The van der Waals surface area contributed by atoms with Crippen molar-refractivity contribution in [3.63, 3.8) is 0 Å². The summed E-state index contributed by atoms with van der Waals surface area (Å²) in [5.74, 6) is 0.686. The third kappa shape index (κ3) is 4.23. The predicted molar refractivity (Wildman–Crippen MR) is 75.8 cm³/mol. The number of aromatic nitrogens is 1. The molecule has 1 aromatic carbocycles. The van der Waals surface area contributed by atoms with Crippen molar-refractivity contribution in [2.75, 3.05) is 6.61 Å². The van der Waals surface area contributed by atoms with Crippen LogP contribution in [0.15, 0.2) is 42.6 Å². The molecule has 0 bridgehead atoms. The van der Waals surface area contributed by atoms with Gasteiger partial charge in [-0.05, 0) is 36.8 Å². The normalized spacial score (nSPS) is 10.3. The van der Waals surface area contributed by atoms with Crippen molar-refractivity contribution in [3.05, 3.63) is 53.9 Å². The monoisotopic (exact) mass is 383 g/mol. The average Bonchev–Trinajstić information content (AvgIpc) is 2.41. The summed E-state index contributed by atoms with van der Waals surface area (Å²) < 4.78 is 7.41. The number of benzene rings is 1. The van der Waals surface area contributed by atoms with Gasteiger partial charge in [0.05, 0.1) is 6.61 Å². The van der Waals surface area contributed by atoms with Gasteiger partial charge in [-0.25, -0.2) is 4.57 Å². The molecule has 1 aromatic heterocycles. The van der Waals surface area contributed by atoms with Crippen LogP contribution in [-0.4, -0.2) is 11.7 Å². The number of pyridine rings is 1. The van der Waals surface area contributed by atoms with Crippen molar-refractivity contribution in [2.24, 2.45) is 7.05 Å². The Balaban J connectivity index is 0.00000200. The number of phenolic OH excluding ortho intramolecular Hbond substituents is 1. The molecule has 4 heteroatoms. The number of hydrogen-bond donors (Lipinski definition) is 1. The first kappa shape index (κ1) is 16.5. The van der Waals surface area contributed by atoms with Crippen LogP contribution in [0.4, 0.5) is 0 Å². The van der Waals surface area contributed by atoms with Crippen molar-refractivity contribution in [1.82, 2.24) is 0 Å². The number of halogens is 1. The van der Waals surface area contributed by atoms with E-state index in [-0.39, 0.29) is 29.7 Å². The van der Waals surface area contributed by atoms with Crippen molar-refractivity contribution in [2.45, 2.75) is 6.92 Å². The van der Waals surface area contributed by atoms with E-state index in [0.717, 1.165) is 11.3 Å². The van der Waals surface area contributed by atoms with E-state index in [0.29, 0.717) is 12.4 Å². The smallest absolute Gasteiger partial charge is 0.204 e. The highest BCUT2D eigenvalue weighted by Gasteiger charge is 2.03. The molecule has 0 spiro atoms. The minimum atomic E-state index is 0. The Labute approximate surface area is 136 Å². The Hall–Kier alpha value is -1.56. The lowest BCUT2D eigenvalue weighted by atomic mass is 10.1. The molecule has 0 saturated heterocycles. The summed E-state index contributed by atoms with van der Waals surface area (Å²) in [7, 11) is 2.00. The second kappa shape index (κ2) is 7.89. The molecule has 0 unspecified atom stereocenters. The second-order valence-electron chi connectivity index (χ2n) is 4.23. The molecule has 1 N–H and O–H groups in total. The summed E-state index contributed by atoms with van der Waals surface area (Å²) in [4.78, 5) is 0. The van der Waals surface area contributed by atoms with Gasteiger partial charge in [-0.3, -0.25) is 0 Å². The fourth-order valence-corrected chi connectivity index (χ4v) is 1.80. The Morgan fingerprint density at radius 3 is 2.70 bits per heavy atom. The number of ether oxygens (including phenoxy) is 1. The van der Waals surface area contributed by atoms with Gasteiger partial charge in [-0.1, -0.05) is 6.07 Å². The molecule has 0 amide bonds. The van der Waals surface area contributed by atoms with Gasteiger partial charge in [-0.15, -0.1) is 0 Å². The molecule has 0 radical (unpaired) electrons. The molecule has 1 heterocycles. The Morgan fingerprint density at radius 1 is 1.20 bits per heavy atom. The molecule has 0 saturated carbocycles. The van der Waals surface area contributed by atoms with Crippen LogP contribution in [0, 0.1) is 0 Å². The van der Waals surface area contributed by atoms with Crippen LogP contribution in [0.25, 0.3) is 12.2 Å². The van der Waals surface area contributed by atoms with E-state index in [1.54, 1.807) is 6.07 Å². The summed E-state index contributed by atoms with van der Waals surface area (Å²) in [5.41, 5.74) is 2.10. The molecule has 3 nitrogen and oxygen atoms in total. The number of hydrogen-bond acceptors (Lipinski definition) is 2. The summed E-state index contributed by atoms with van der Waals surface area (Å²) in [6.07, 6.45) is 6.03. The molecule has 20 heavy (non-hydrogen) atoms. The van der Waals surface area contributed by atoms with Crippen LogP contribution in [0.3, 0.4) is 0 Å². The van der Waals surface area contributed by atoms with Gasteiger partial charge in [0.15, 0.2) is 17.7 Å². The van der Waals surface area contributed by atoms with Crippen LogP contribution in [0.5, 0.6) is 11.5 Å². The third-order valence-electron chi connectivity index (χ3n) is 2.83. The molecule has 0 aliphatic carbocycles. The second-order valence-corrected chi connectivity index (χ2v) is 4.23. The quantitative estimate of drug-likeness (QED) is 0.586. The Morgan fingerprint density at radius 2 is 2.00 bits per heavy atom. The van der Waals surface area contributed by atoms with E-state index in [4.69, 9.17) is 4.74 Å². The summed E-state index contributed by atoms with van der Waals surface area (Å²) in [6.45, 7) is 2.43. The van der Waals surface area contributed by atoms with Crippen molar-refractivity contribution in [3.8, 4) is 11.5 Å². The zero-order chi connectivity index (χ0) is 13.7. The molecule has 0 aliphatic rings. The lowest BCUT2D eigenvalue weighted by Gasteiger charge is -2.06. The van der Waals surface area contributed by atoms with E-state index in [1.165, 1.54) is 0 Å². The number of aryl methyl sites for hydroxylation is 1. The average molecular weight is 383 g/mol. The predicted octanol–water partition coefficient (Wildman–Crippen LogP) is -0.210. The van der Waals surface area contributed by atoms with Gasteiger partial charge >= 0.3 is 0 Å². The maximum absolute atomic E-state index is 9.64. The van der Waals surface area contributed by atoms with E-state index in [9.17, 15) is 5.11 Å². The van der Waals surface area contributed by atoms with Gasteiger partial charge in [-0.2, -0.15) is 0 Å². The fourth-order valence-electron chi connectivity index (χ4n) is 1.80. The Kier molecular flexibility index (Phi) is 6.51. The van der Waals surface area contributed by atoms with Crippen molar-refractivity contribution >= 4 is 12.2 Å². The third-order valence-corrected chi connectivity index (χ3v) is 2.83. The molecule has 0 fully saturated rings. The molecule has 0 aliphatic heterocycles. The highest BCUT2D eigenvalue weighted by atomic mass is 127. The van der Waals surface area contributed by atoms with E-state index in [2.05, 4.69) is 0 Å². The lowest BCUT2D eigenvalue weighted by Crippen LogP contribution is -3.00. The summed E-state index contributed by atoms with van der Waals surface area (Å²) in [6, 6.07) is 11.4. The van der Waals surface area contributed by atoms with E-state index >= 15 is 0 Å². The minimum Gasteiger partial charge on any atom is -1.00 e. The largest absolute Gasteiger partial charge is 1.00 e. The lowest BCUT2D eigenvalue weighted by molar-refractivity contribution is -0.673. The van der Waals surface area contributed by atoms with Crippen molar-refractivity contribution < 1.29 is 38.4 Å². The van der Waals surface area contributed by atoms with Crippen LogP contribution >= 0.6 is 0 Å². The van der Waals surface area contributed by atoms with Crippen LogP contribution < -0.4 is 33.3 Å². The van der Waals surface area contributed by atoms with Crippen LogP contribution in [0.1, 0.15) is 18.2 Å². The van der Waals surface area contributed by atoms with Gasteiger partial charge < -0.3 is 33.8 Å². The van der Waals surface area contributed by atoms with E-state index < -0.39 is 0 Å². The van der Waals surface area contributed by atoms with Gasteiger partial charge in [0.25, 0.3) is 0 Å². The van der Waals surface area contributed by atoms with E-state index in [1.807, 2.05) is 67.2 Å². The van der Waals surface area contributed by atoms with Crippen molar-refractivity contribution in [1.29, 1.82) is 0 Å². The zero-order valence-corrected chi connectivity index (χ0v) is 13.7. The number of rotatable bonds is 4. The number of phenols is 1.